The van der Waals surface area contributed by atoms with E-state index in [1.165, 1.54) is 0 Å². The van der Waals surface area contributed by atoms with E-state index < -0.39 is 17.5 Å². The molecule has 47 heavy (non-hydrogen) atoms. The van der Waals surface area contributed by atoms with Crippen LogP contribution in [-0.4, -0.2) is 47.7 Å². The summed E-state index contributed by atoms with van der Waals surface area (Å²) in [5.74, 6) is -1.41. The maximum absolute atomic E-state index is 13.3. The molecular weight excluding hydrogens is 592 g/mol. The number of nitrogens with one attached hydrogen (secondary N) is 2. The smallest absolute Gasteiger partial charge is 0.309 e. The molecule has 3 N–H and O–H groups in total. The predicted octanol–water partition coefficient (Wildman–Crippen LogP) is 5.74. The number of aliphatic hydroxyl groups excluding tert-OH is 1. The van der Waals surface area contributed by atoms with Crippen LogP contribution < -0.4 is 15.4 Å². The van der Waals surface area contributed by atoms with Crippen LogP contribution in [0.5, 0.6) is 5.75 Å². The summed E-state index contributed by atoms with van der Waals surface area (Å²) in [5, 5.41) is 15.8. The lowest BCUT2D eigenvalue weighted by atomic mass is 9.96. The Hall–Kier alpha value is -4.69. The number of hydrogen-bond acceptors (Lipinski definition) is 6. The number of hydrogen-bond donors (Lipinski definition) is 3. The summed E-state index contributed by atoms with van der Waals surface area (Å²) in [6, 6.07) is 26.6. The molecule has 8 nitrogen and oxygen atoms in total. The van der Waals surface area contributed by atoms with Crippen molar-refractivity contribution in [2.45, 2.75) is 64.1 Å². The van der Waals surface area contributed by atoms with Gasteiger partial charge in [-0.15, -0.1) is 13.2 Å². The molecule has 0 aliphatic rings. The molecule has 0 unspecified atom stereocenters. The van der Waals surface area contributed by atoms with Crippen LogP contribution in [0.3, 0.4) is 0 Å². The maximum Gasteiger partial charge on any atom is 0.309 e. The highest BCUT2D eigenvalue weighted by molar-refractivity contribution is 5.86. The number of carbonyl (C=O) groups excluding carboxylic acids is 3. The first-order valence-electron chi connectivity index (χ1n) is 16.0. The van der Waals surface area contributed by atoms with Crippen LogP contribution in [-0.2, 0) is 38.6 Å². The molecule has 2 amide bonds. The van der Waals surface area contributed by atoms with E-state index in [2.05, 4.69) is 23.8 Å². The summed E-state index contributed by atoms with van der Waals surface area (Å²) in [5.41, 5.74) is 2.15. The highest BCUT2D eigenvalue weighted by atomic mass is 16.5. The Balaban J connectivity index is 1.49. The number of ether oxygens (including phenoxy) is 2. The number of allylic oxidation sites excluding steroid dienone is 2. The van der Waals surface area contributed by atoms with E-state index in [0.717, 1.165) is 22.4 Å². The second kappa shape index (κ2) is 19.1. The zero-order chi connectivity index (χ0) is 34.1. The molecule has 250 valence electrons. The van der Waals surface area contributed by atoms with Gasteiger partial charge in [-0.1, -0.05) is 84.9 Å². The molecule has 0 saturated carbocycles. The van der Waals surface area contributed by atoms with Crippen LogP contribution in [0.4, 0.5) is 0 Å². The SMILES string of the molecule is C=CC[C@H](CC(=O)N[C@H](CO)Cc1ccc(OCc2ccccc2)cc1)C(=O)NC(C)(C)COC(=O)[C@@H](CC=C)Cc1ccccc1. The summed E-state index contributed by atoms with van der Waals surface area (Å²) in [6.45, 7) is 11.2. The summed E-state index contributed by atoms with van der Waals surface area (Å²) in [4.78, 5) is 39.2. The number of rotatable bonds is 20. The van der Waals surface area contributed by atoms with Crippen LogP contribution in [0, 0.1) is 11.8 Å². The Labute approximate surface area is 278 Å². The van der Waals surface area contributed by atoms with Gasteiger partial charge in [0.05, 0.1) is 30.0 Å². The normalized spacial score (nSPS) is 13.0. The summed E-state index contributed by atoms with van der Waals surface area (Å²) < 4.78 is 11.5. The van der Waals surface area contributed by atoms with Crippen molar-refractivity contribution in [2.24, 2.45) is 11.8 Å². The molecule has 0 fully saturated rings. The maximum atomic E-state index is 13.3. The molecule has 0 aliphatic heterocycles. The third-order valence-electron chi connectivity index (χ3n) is 7.64. The average Bonchev–Trinajstić information content (AvgIpc) is 3.07. The van der Waals surface area contributed by atoms with Crippen molar-refractivity contribution < 1.29 is 29.0 Å². The number of aliphatic hydroxyl groups is 1. The van der Waals surface area contributed by atoms with E-state index >= 15 is 0 Å². The number of carbonyl (C=O) groups is 3. The standard InChI is InChI=1S/C39H48N2O6/c1-5-13-32(37(44)41-39(3,4)28-47-38(45)33(14-6-2)23-29-15-9-7-10-16-29)25-36(43)40-34(26-42)24-30-19-21-35(22-20-30)46-27-31-17-11-8-12-18-31/h5-12,15-22,32-34,42H,1-2,13-14,23-28H2,3-4H3,(H,40,43)(H,41,44)/t32-,33+,34+/m1/s1. The van der Waals surface area contributed by atoms with Crippen molar-refractivity contribution in [3.8, 4) is 5.75 Å². The Bertz CT molecular complexity index is 1420. The minimum Gasteiger partial charge on any atom is -0.489 e. The van der Waals surface area contributed by atoms with Crippen LogP contribution in [0.15, 0.2) is 110 Å². The summed E-state index contributed by atoms with van der Waals surface area (Å²) in [6.07, 6.45) is 4.90. The van der Waals surface area contributed by atoms with E-state index in [1.807, 2.05) is 84.9 Å². The third-order valence-corrected chi connectivity index (χ3v) is 7.64. The van der Waals surface area contributed by atoms with Crippen LogP contribution >= 0.6 is 0 Å². The minimum absolute atomic E-state index is 0.0321. The van der Waals surface area contributed by atoms with Gasteiger partial charge in [-0.25, -0.2) is 0 Å². The lowest BCUT2D eigenvalue weighted by Crippen LogP contribution is -2.50. The molecular formula is C39H48N2O6. The highest BCUT2D eigenvalue weighted by Crippen LogP contribution is 2.19. The van der Waals surface area contributed by atoms with Gasteiger partial charge in [0.15, 0.2) is 0 Å². The Morgan fingerprint density at radius 1 is 0.809 bits per heavy atom. The second-order valence-electron chi connectivity index (χ2n) is 12.4. The van der Waals surface area contributed by atoms with Gasteiger partial charge < -0.3 is 25.2 Å². The lowest BCUT2D eigenvalue weighted by Gasteiger charge is -2.29. The largest absolute Gasteiger partial charge is 0.489 e. The molecule has 0 bridgehead atoms. The Kier molecular flexibility index (Phi) is 14.9. The minimum atomic E-state index is -0.876. The van der Waals surface area contributed by atoms with Gasteiger partial charge in [0.25, 0.3) is 0 Å². The first-order valence-corrected chi connectivity index (χ1v) is 16.0. The van der Waals surface area contributed by atoms with E-state index in [4.69, 9.17) is 9.47 Å². The van der Waals surface area contributed by atoms with Crippen molar-refractivity contribution in [2.75, 3.05) is 13.2 Å². The third kappa shape index (κ3) is 13.3. The zero-order valence-corrected chi connectivity index (χ0v) is 27.5. The fraction of sp³-hybridized carbons (Fsp3) is 0.359. The zero-order valence-electron chi connectivity index (χ0n) is 27.5. The highest BCUT2D eigenvalue weighted by Gasteiger charge is 2.30. The monoisotopic (exact) mass is 640 g/mol. The van der Waals surface area contributed by atoms with Gasteiger partial charge in [0, 0.05) is 6.42 Å². The fourth-order valence-electron chi connectivity index (χ4n) is 5.11. The summed E-state index contributed by atoms with van der Waals surface area (Å²) >= 11 is 0. The quantitative estimate of drug-likeness (QED) is 0.107. The van der Waals surface area contributed by atoms with Gasteiger partial charge in [-0.05, 0) is 68.4 Å². The van der Waals surface area contributed by atoms with Crippen molar-refractivity contribution >= 4 is 17.8 Å². The lowest BCUT2D eigenvalue weighted by molar-refractivity contribution is -0.151. The van der Waals surface area contributed by atoms with E-state index in [9.17, 15) is 19.5 Å². The van der Waals surface area contributed by atoms with Crippen LogP contribution in [0.1, 0.15) is 49.8 Å². The van der Waals surface area contributed by atoms with E-state index in [1.54, 1.807) is 26.0 Å². The van der Waals surface area contributed by atoms with Crippen molar-refractivity contribution in [3.05, 3.63) is 127 Å². The first-order chi connectivity index (χ1) is 22.6. The number of esters is 1. The van der Waals surface area contributed by atoms with Gasteiger partial charge in [-0.2, -0.15) is 0 Å². The molecule has 3 aromatic carbocycles. The van der Waals surface area contributed by atoms with Crippen LogP contribution in [0.2, 0.25) is 0 Å². The second-order valence-corrected chi connectivity index (χ2v) is 12.4. The van der Waals surface area contributed by atoms with E-state index in [0.29, 0.717) is 25.9 Å². The number of amides is 2. The van der Waals surface area contributed by atoms with Crippen molar-refractivity contribution in [1.82, 2.24) is 10.6 Å². The number of benzene rings is 3. The topological polar surface area (TPSA) is 114 Å². The van der Waals surface area contributed by atoms with Crippen molar-refractivity contribution in [3.63, 3.8) is 0 Å². The van der Waals surface area contributed by atoms with E-state index in [-0.39, 0.29) is 49.8 Å². The molecule has 0 saturated heterocycles. The molecule has 0 aromatic heterocycles. The van der Waals surface area contributed by atoms with Gasteiger partial charge in [0.2, 0.25) is 11.8 Å². The summed E-state index contributed by atoms with van der Waals surface area (Å²) in [7, 11) is 0. The predicted molar refractivity (Wildman–Crippen MR) is 184 cm³/mol. The molecule has 8 heteroatoms. The molecule has 0 radical (unpaired) electrons. The van der Waals surface area contributed by atoms with Crippen molar-refractivity contribution in [1.29, 1.82) is 0 Å². The molecule has 3 aromatic rings. The molecule has 0 heterocycles. The Morgan fingerprint density at radius 3 is 1.98 bits per heavy atom. The molecule has 0 spiro atoms. The Morgan fingerprint density at radius 2 is 1.38 bits per heavy atom. The van der Waals surface area contributed by atoms with Gasteiger partial charge >= 0.3 is 5.97 Å². The average molecular weight is 641 g/mol. The molecule has 3 atom stereocenters. The fourth-order valence-corrected chi connectivity index (χ4v) is 5.11. The first kappa shape index (κ1) is 36.8. The van der Waals surface area contributed by atoms with Gasteiger partial charge in [-0.3, -0.25) is 14.4 Å². The van der Waals surface area contributed by atoms with Gasteiger partial charge in [0.1, 0.15) is 19.0 Å². The molecule has 0 aliphatic carbocycles. The molecule has 3 rings (SSSR count). The van der Waals surface area contributed by atoms with Crippen LogP contribution in [0.25, 0.3) is 0 Å².